The highest BCUT2D eigenvalue weighted by molar-refractivity contribution is 4.93. The van der Waals surface area contributed by atoms with Crippen molar-refractivity contribution in [1.82, 2.24) is 0 Å². The van der Waals surface area contributed by atoms with E-state index in [2.05, 4.69) is 31.7 Å². The van der Waals surface area contributed by atoms with Crippen LogP contribution in [0.2, 0.25) is 0 Å². The molecule has 0 heterocycles. The molecule has 0 unspecified atom stereocenters. The van der Waals surface area contributed by atoms with E-state index in [9.17, 15) is 0 Å². The highest BCUT2D eigenvalue weighted by Crippen LogP contribution is 2.30. The van der Waals surface area contributed by atoms with Gasteiger partial charge in [-0.1, -0.05) is 44.4 Å². The highest BCUT2D eigenvalue weighted by Gasteiger charge is 2.16. The van der Waals surface area contributed by atoms with Crippen molar-refractivity contribution < 1.29 is 0 Å². The van der Waals surface area contributed by atoms with Crippen molar-refractivity contribution in [2.24, 2.45) is 11.8 Å². The molecule has 1 aliphatic rings. The summed E-state index contributed by atoms with van der Waals surface area (Å²) >= 11 is 0. The molecule has 0 bridgehead atoms. The van der Waals surface area contributed by atoms with Crippen molar-refractivity contribution >= 4 is 0 Å². The van der Waals surface area contributed by atoms with Gasteiger partial charge in [0, 0.05) is 0 Å². The predicted molar refractivity (Wildman–Crippen MR) is 73.5 cm³/mol. The molecule has 16 heavy (non-hydrogen) atoms. The topological polar surface area (TPSA) is 0 Å². The van der Waals surface area contributed by atoms with Crippen LogP contribution in [0.25, 0.3) is 0 Å². The first kappa shape index (κ1) is 13.5. The molecule has 0 radical (unpaired) electrons. The Balaban J connectivity index is 2.04. The fourth-order valence-corrected chi connectivity index (χ4v) is 2.55. The zero-order chi connectivity index (χ0) is 11.6. The molecule has 0 saturated heterocycles. The lowest BCUT2D eigenvalue weighted by Crippen LogP contribution is -2.10. The zero-order valence-corrected chi connectivity index (χ0v) is 11.0. The number of rotatable bonds is 7. The molecule has 1 aliphatic carbocycles. The summed E-state index contributed by atoms with van der Waals surface area (Å²) in [4.78, 5) is 0. The van der Waals surface area contributed by atoms with E-state index in [1.165, 1.54) is 57.8 Å². The second-order valence-corrected chi connectivity index (χ2v) is 5.19. The predicted octanol–water partition coefficient (Wildman–Crippen LogP) is 5.51. The van der Waals surface area contributed by atoms with Crippen LogP contribution < -0.4 is 0 Å². The average Bonchev–Trinajstić information content (AvgIpc) is 2.34. The molecular formula is C16H28. The van der Waals surface area contributed by atoms with Crippen molar-refractivity contribution in [2.75, 3.05) is 0 Å². The fourth-order valence-electron chi connectivity index (χ4n) is 2.55. The van der Waals surface area contributed by atoms with Gasteiger partial charge in [-0.05, 0) is 50.4 Å². The molecule has 0 heteroatoms. The van der Waals surface area contributed by atoms with E-state index in [-0.39, 0.29) is 0 Å². The molecule has 1 saturated carbocycles. The molecule has 1 fully saturated rings. The van der Waals surface area contributed by atoms with Crippen LogP contribution in [0.5, 0.6) is 0 Å². The van der Waals surface area contributed by atoms with Crippen LogP contribution >= 0.6 is 0 Å². The Morgan fingerprint density at radius 2 is 1.69 bits per heavy atom. The lowest BCUT2D eigenvalue weighted by atomic mass is 9.82. The van der Waals surface area contributed by atoms with Crippen LogP contribution in [0.4, 0.5) is 0 Å². The summed E-state index contributed by atoms with van der Waals surface area (Å²) in [6.45, 7) is 6.17. The van der Waals surface area contributed by atoms with E-state index in [1.54, 1.807) is 0 Å². The monoisotopic (exact) mass is 220 g/mol. The smallest absolute Gasteiger partial charge is 0.0233 e. The van der Waals surface area contributed by atoms with Crippen LogP contribution in [-0.4, -0.2) is 0 Å². The Morgan fingerprint density at radius 3 is 2.31 bits per heavy atom. The second-order valence-electron chi connectivity index (χ2n) is 5.19. The van der Waals surface area contributed by atoms with Gasteiger partial charge in [-0.2, -0.15) is 0 Å². The second kappa shape index (κ2) is 8.61. The van der Waals surface area contributed by atoms with Crippen molar-refractivity contribution in [1.29, 1.82) is 0 Å². The number of hydrogen-bond donors (Lipinski definition) is 0. The lowest BCUT2D eigenvalue weighted by molar-refractivity contribution is 0.356. The summed E-state index contributed by atoms with van der Waals surface area (Å²) in [7, 11) is 0. The van der Waals surface area contributed by atoms with Gasteiger partial charge in [-0.15, -0.1) is 6.58 Å². The van der Waals surface area contributed by atoms with Gasteiger partial charge in [0.1, 0.15) is 0 Å². The molecule has 0 aromatic heterocycles. The first-order chi connectivity index (χ1) is 7.86. The van der Waals surface area contributed by atoms with Crippen LogP contribution in [0.15, 0.2) is 24.8 Å². The van der Waals surface area contributed by atoms with Crippen LogP contribution in [0, 0.1) is 11.8 Å². The molecule has 1 rings (SSSR count). The average molecular weight is 220 g/mol. The third-order valence-corrected chi connectivity index (χ3v) is 3.78. The van der Waals surface area contributed by atoms with E-state index in [0.717, 1.165) is 11.8 Å². The number of allylic oxidation sites excluding steroid dienone is 3. The van der Waals surface area contributed by atoms with Gasteiger partial charge in [0.15, 0.2) is 0 Å². The summed E-state index contributed by atoms with van der Waals surface area (Å²) < 4.78 is 0. The molecule has 0 atom stereocenters. The van der Waals surface area contributed by atoms with E-state index in [4.69, 9.17) is 0 Å². The van der Waals surface area contributed by atoms with Gasteiger partial charge in [0.05, 0.1) is 0 Å². The van der Waals surface area contributed by atoms with E-state index in [0.29, 0.717) is 0 Å². The lowest BCUT2D eigenvalue weighted by Gasteiger charge is -2.24. The first-order valence-electron chi connectivity index (χ1n) is 7.16. The van der Waals surface area contributed by atoms with Gasteiger partial charge in [0.25, 0.3) is 0 Å². The van der Waals surface area contributed by atoms with Gasteiger partial charge < -0.3 is 0 Å². The molecular weight excluding hydrogens is 192 g/mol. The third kappa shape index (κ3) is 5.53. The minimum Gasteiger partial charge on any atom is -0.103 e. The van der Waals surface area contributed by atoms with E-state index >= 15 is 0 Å². The van der Waals surface area contributed by atoms with Gasteiger partial charge in [-0.25, -0.2) is 0 Å². The van der Waals surface area contributed by atoms with Crippen molar-refractivity contribution in [3.05, 3.63) is 24.8 Å². The van der Waals surface area contributed by atoms with E-state index in [1.807, 2.05) is 0 Å². The molecule has 0 N–H and O–H groups in total. The molecule has 92 valence electrons. The Hall–Kier alpha value is -0.520. The third-order valence-electron chi connectivity index (χ3n) is 3.78. The summed E-state index contributed by atoms with van der Waals surface area (Å²) in [6, 6.07) is 0. The van der Waals surface area contributed by atoms with Crippen LogP contribution in [0.3, 0.4) is 0 Å². The Morgan fingerprint density at radius 1 is 1.00 bits per heavy atom. The van der Waals surface area contributed by atoms with Gasteiger partial charge >= 0.3 is 0 Å². The molecule has 0 nitrogen and oxygen atoms in total. The maximum absolute atomic E-state index is 3.90. The van der Waals surface area contributed by atoms with Crippen LogP contribution in [0.1, 0.15) is 64.7 Å². The van der Waals surface area contributed by atoms with E-state index < -0.39 is 0 Å². The summed E-state index contributed by atoms with van der Waals surface area (Å²) in [5.74, 6) is 1.66. The van der Waals surface area contributed by atoms with Gasteiger partial charge in [-0.3, -0.25) is 0 Å². The Kier molecular flexibility index (Phi) is 7.29. The molecule has 0 aliphatic heterocycles. The molecule has 0 aromatic rings. The summed E-state index contributed by atoms with van der Waals surface area (Å²) in [5.41, 5.74) is 0. The number of hydrogen-bond acceptors (Lipinski definition) is 0. The first-order valence-corrected chi connectivity index (χ1v) is 7.16. The zero-order valence-electron chi connectivity index (χ0n) is 11.0. The molecule has 0 spiro atoms. The van der Waals surface area contributed by atoms with Crippen molar-refractivity contribution in [3.8, 4) is 0 Å². The largest absolute Gasteiger partial charge is 0.103 e. The maximum atomic E-state index is 3.90. The maximum Gasteiger partial charge on any atom is -0.0233 e. The quantitative estimate of drug-likeness (QED) is 0.392. The Bertz CT molecular complexity index is 194. The number of unbranched alkanes of at least 4 members (excludes halogenated alkanes) is 4. The minimum atomic E-state index is 0.800. The Labute approximate surface area is 102 Å². The molecule has 0 aromatic carbocycles. The summed E-state index contributed by atoms with van der Waals surface area (Å²) in [6.07, 6.45) is 19.3. The van der Waals surface area contributed by atoms with Crippen molar-refractivity contribution in [3.63, 3.8) is 0 Å². The minimum absolute atomic E-state index is 0.800. The highest BCUT2D eigenvalue weighted by atomic mass is 14.2. The van der Waals surface area contributed by atoms with Gasteiger partial charge in [0.2, 0.25) is 0 Å². The summed E-state index contributed by atoms with van der Waals surface area (Å²) in [5, 5.41) is 0. The van der Waals surface area contributed by atoms with Crippen molar-refractivity contribution in [2.45, 2.75) is 64.7 Å². The normalized spacial score (nSPS) is 26.1. The fraction of sp³-hybridized carbons (Fsp3) is 0.750. The standard InChI is InChI=1S/C16H28/c1-3-5-6-7-8-9-10-16-13-11-15(4-2)12-14-16/h4,9-10,15-16H,2-3,5-8,11-14H2,1H3. The SMILES string of the molecule is C=CC1CCC(C=CCCCCCC)CC1. The molecule has 0 amide bonds. The van der Waals surface area contributed by atoms with Crippen LogP contribution in [-0.2, 0) is 0 Å².